The molecular weight excluding hydrogens is 585 g/mol. The zero-order chi connectivity index (χ0) is 31.4. The molecule has 0 amide bonds. The second-order valence-corrected chi connectivity index (χ2v) is 9.62. The number of ether oxygens (including phenoxy) is 4. The van der Waals surface area contributed by atoms with Gasteiger partial charge in [-0.3, -0.25) is 9.36 Å². The highest BCUT2D eigenvalue weighted by Gasteiger charge is 2.36. The fourth-order valence-electron chi connectivity index (χ4n) is 3.71. The Morgan fingerprint density at radius 3 is 2.31 bits per heavy atom. The van der Waals surface area contributed by atoms with Crippen molar-refractivity contribution in [3.63, 3.8) is 0 Å². The fourth-order valence-corrected chi connectivity index (χ4v) is 3.91. The molecule has 1 heterocycles. The number of hydrogen-bond donors (Lipinski definition) is 0. The van der Waals surface area contributed by atoms with Crippen molar-refractivity contribution in [3.8, 4) is 17.2 Å². The highest BCUT2D eigenvalue weighted by Crippen LogP contribution is 2.28. The topological polar surface area (TPSA) is 115 Å². The third-order valence-electron chi connectivity index (χ3n) is 5.92. The highest BCUT2D eigenvalue weighted by molar-refractivity contribution is 6.33. The van der Waals surface area contributed by atoms with Gasteiger partial charge in [0.1, 0.15) is 23.8 Å². The van der Waals surface area contributed by atoms with Gasteiger partial charge in [0.15, 0.2) is 0 Å². The molecule has 0 saturated carbocycles. The molecule has 42 heavy (non-hydrogen) atoms. The minimum Gasteiger partial charge on any atom is -0.497 e. The van der Waals surface area contributed by atoms with E-state index in [1.807, 2.05) is 0 Å². The Bertz CT molecular complexity index is 1660. The standard InChI is InChI=1S/C28H26ClF3N2O8/c1-27(2,25(37)41-12-6-7-16-13-18(39-4)9-11-21(16)40-5)42-24(36)19-14-17(8-10-20(19)29)34-23(35)15-22(28(30,31)32)33(3)26(34)38/h6-11,13-15H,12H2,1-5H3/b7-6+. The number of hydrogen-bond acceptors (Lipinski definition) is 8. The first kappa shape index (κ1) is 32.0. The van der Waals surface area contributed by atoms with Gasteiger partial charge in [0, 0.05) is 18.7 Å². The molecule has 0 N–H and O–H groups in total. The average Bonchev–Trinajstić information content (AvgIpc) is 2.92. The van der Waals surface area contributed by atoms with E-state index in [0.717, 1.165) is 25.2 Å². The number of benzene rings is 2. The summed E-state index contributed by atoms with van der Waals surface area (Å²) in [4.78, 5) is 50.7. The summed E-state index contributed by atoms with van der Waals surface area (Å²) in [7, 11) is 3.86. The molecule has 10 nitrogen and oxygen atoms in total. The first-order valence-electron chi connectivity index (χ1n) is 12.1. The van der Waals surface area contributed by atoms with E-state index in [-0.39, 0.29) is 33.5 Å². The van der Waals surface area contributed by atoms with Crippen molar-refractivity contribution in [3.05, 3.63) is 91.2 Å². The lowest BCUT2D eigenvalue weighted by molar-refractivity contribution is -0.161. The molecule has 3 aromatic rings. The molecule has 0 spiro atoms. The van der Waals surface area contributed by atoms with E-state index < -0.39 is 40.7 Å². The Hall–Kier alpha value is -4.52. The number of methoxy groups -OCH3 is 2. The van der Waals surface area contributed by atoms with Crippen LogP contribution in [-0.4, -0.2) is 47.5 Å². The van der Waals surface area contributed by atoms with E-state index in [9.17, 15) is 32.3 Å². The molecule has 0 saturated heterocycles. The summed E-state index contributed by atoms with van der Waals surface area (Å²) in [5.41, 5.74) is -5.77. The van der Waals surface area contributed by atoms with Gasteiger partial charge in [-0.1, -0.05) is 17.7 Å². The summed E-state index contributed by atoms with van der Waals surface area (Å²) in [6.45, 7) is 2.36. The molecule has 0 aliphatic rings. The van der Waals surface area contributed by atoms with E-state index >= 15 is 0 Å². The van der Waals surface area contributed by atoms with Crippen LogP contribution >= 0.6 is 11.6 Å². The Balaban J connectivity index is 1.78. The van der Waals surface area contributed by atoms with Crippen molar-refractivity contribution < 1.29 is 41.7 Å². The molecule has 0 fully saturated rings. The van der Waals surface area contributed by atoms with Crippen molar-refractivity contribution in [2.45, 2.75) is 25.6 Å². The van der Waals surface area contributed by atoms with Crippen molar-refractivity contribution in [1.82, 2.24) is 9.13 Å². The number of carbonyl (C=O) groups is 2. The van der Waals surface area contributed by atoms with Crippen LogP contribution in [0.3, 0.4) is 0 Å². The molecule has 1 aromatic heterocycles. The van der Waals surface area contributed by atoms with Gasteiger partial charge in [-0.2, -0.15) is 13.2 Å². The van der Waals surface area contributed by atoms with Gasteiger partial charge < -0.3 is 18.9 Å². The molecule has 0 radical (unpaired) electrons. The normalized spacial score (nSPS) is 11.8. The summed E-state index contributed by atoms with van der Waals surface area (Å²) < 4.78 is 61.2. The monoisotopic (exact) mass is 610 g/mol. The zero-order valence-electron chi connectivity index (χ0n) is 23.1. The molecule has 14 heteroatoms. The van der Waals surface area contributed by atoms with Crippen molar-refractivity contribution in [1.29, 1.82) is 0 Å². The Morgan fingerprint density at radius 2 is 1.69 bits per heavy atom. The summed E-state index contributed by atoms with van der Waals surface area (Å²) in [5, 5.41) is -0.167. The van der Waals surface area contributed by atoms with Gasteiger partial charge in [0.25, 0.3) is 5.56 Å². The molecular formula is C28H26ClF3N2O8. The Kier molecular flexibility index (Phi) is 9.57. The summed E-state index contributed by atoms with van der Waals surface area (Å²) in [6, 6.07) is 8.71. The minimum atomic E-state index is -4.95. The predicted octanol–water partition coefficient (Wildman–Crippen LogP) is 4.42. The quantitative estimate of drug-likeness (QED) is 0.327. The van der Waals surface area contributed by atoms with E-state index in [4.69, 9.17) is 30.5 Å². The predicted molar refractivity (Wildman–Crippen MR) is 146 cm³/mol. The van der Waals surface area contributed by atoms with Crippen LogP contribution < -0.4 is 20.7 Å². The number of alkyl halides is 3. The number of esters is 2. The molecule has 224 valence electrons. The molecule has 0 unspecified atom stereocenters. The van der Waals surface area contributed by atoms with Crippen LogP contribution in [0.25, 0.3) is 11.8 Å². The second-order valence-electron chi connectivity index (χ2n) is 9.22. The first-order valence-corrected chi connectivity index (χ1v) is 12.5. The molecule has 2 aromatic carbocycles. The summed E-state index contributed by atoms with van der Waals surface area (Å²) in [5.74, 6) is -0.870. The van der Waals surface area contributed by atoms with E-state index in [2.05, 4.69) is 0 Å². The van der Waals surface area contributed by atoms with Crippen LogP contribution in [0.15, 0.2) is 58.1 Å². The third kappa shape index (κ3) is 7.03. The van der Waals surface area contributed by atoms with E-state index in [1.165, 1.54) is 34.1 Å². The Morgan fingerprint density at radius 1 is 1.00 bits per heavy atom. The lowest BCUT2D eigenvalue weighted by Gasteiger charge is -2.23. The van der Waals surface area contributed by atoms with Crippen molar-refractivity contribution in [2.24, 2.45) is 7.05 Å². The lowest BCUT2D eigenvalue weighted by atomic mass is 10.1. The van der Waals surface area contributed by atoms with Gasteiger partial charge in [-0.05, 0) is 56.3 Å². The average molecular weight is 611 g/mol. The van der Waals surface area contributed by atoms with Crippen LogP contribution in [0.4, 0.5) is 13.2 Å². The maximum absolute atomic E-state index is 13.2. The lowest BCUT2D eigenvalue weighted by Crippen LogP contribution is -2.41. The zero-order valence-corrected chi connectivity index (χ0v) is 23.8. The first-order chi connectivity index (χ1) is 19.6. The number of nitrogens with zero attached hydrogens (tertiary/aromatic N) is 2. The van der Waals surface area contributed by atoms with E-state index in [1.54, 1.807) is 24.3 Å². The van der Waals surface area contributed by atoms with Gasteiger partial charge in [0.05, 0.1) is 30.5 Å². The summed E-state index contributed by atoms with van der Waals surface area (Å²) in [6.07, 6.45) is -1.76. The van der Waals surface area contributed by atoms with Gasteiger partial charge in [-0.15, -0.1) is 0 Å². The van der Waals surface area contributed by atoms with Crippen LogP contribution in [-0.2, 0) is 27.5 Å². The van der Waals surface area contributed by atoms with Crippen molar-refractivity contribution >= 4 is 29.6 Å². The number of carbonyl (C=O) groups excluding carboxylic acids is 2. The highest BCUT2D eigenvalue weighted by atomic mass is 35.5. The maximum Gasteiger partial charge on any atom is 0.431 e. The largest absolute Gasteiger partial charge is 0.497 e. The molecule has 3 rings (SSSR count). The fraction of sp³-hybridized carbons (Fsp3) is 0.286. The molecule has 0 atom stereocenters. The minimum absolute atomic E-state index is 0.167. The Labute approximate surface area is 242 Å². The molecule has 0 bridgehead atoms. The number of rotatable bonds is 9. The van der Waals surface area contributed by atoms with Crippen LogP contribution in [0, 0.1) is 0 Å². The summed E-state index contributed by atoms with van der Waals surface area (Å²) >= 11 is 6.13. The van der Waals surface area contributed by atoms with Crippen LogP contribution in [0.1, 0.15) is 35.5 Å². The van der Waals surface area contributed by atoms with Crippen LogP contribution in [0.2, 0.25) is 5.02 Å². The third-order valence-corrected chi connectivity index (χ3v) is 6.25. The number of aromatic nitrogens is 2. The van der Waals surface area contributed by atoms with E-state index in [0.29, 0.717) is 21.6 Å². The van der Waals surface area contributed by atoms with Crippen LogP contribution in [0.5, 0.6) is 11.5 Å². The molecule has 0 aliphatic heterocycles. The van der Waals surface area contributed by atoms with Gasteiger partial charge >= 0.3 is 23.8 Å². The number of halogens is 4. The van der Waals surface area contributed by atoms with Crippen molar-refractivity contribution in [2.75, 3.05) is 20.8 Å². The second kappa shape index (κ2) is 12.6. The van der Waals surface area contributed by atoms with Gasteiger partial charge in [-0.25, -0.2) is 19.0 Å². The molecule has 0 aliphatic carbocycles. The SMILES string of the molecule is COc1ccc(OC)c(/C=C/COC(=O)C(C)(C)OC(=O)c2cc(-n3c(=O)cc(C(F)(F)F)n(C)c3=O)ccc2Cl)c1. The smallest absolute Gasteiger partial charge is 0.431 e. The van der Waals surface area contributed by atoms with Gasteiger partial charge in [0.2, 0.25) is 5.60 Å². The maximum atomic E-state index is 13.2.